The van der Waals surface area contributed by atoms with Crippen molar-refractivity contribution < 1.29 is 172 Å². The molecule has 6 aliphatic heterocycles. The number of ether oxygens (including phenoxy) is 13. The van der Waals surface area contributed by atoms with Gasteiger partial charge in [-0.25, -0.2) is 9.59 Å². The number of fused-ring (bicyclic) bond motifs is 3. The SMILES string of the molecule is CC(=O)N[C@@H]1[C@H](OCC(NC(=O)OCC2c3ccccc3-c3ccccc32)C(=O)O)OC(O[C@@H]2O[C@H](CO)C(O[C@@H]3O[C@H](CO)[C@H](O)C(O[C@@H]4O[C@H](CO)[C@@H](O)[C@H](O)[C@H]4NC(C)=O)[C@H]3O)[C@H](O)[C@H]2NC(C)=O)[C@@H](O)[C@H]1OC1O[C@@H](CO)[C@@H](O)[C@@H](OC2O[C@@H](NC(C)=O)[C@H](O)[C@@H](O)[C@@H]2CO)[C@@H]1O. The van der Waals surface area contributed by atoms with Gasteiger partial charge in [0.25, 0.3) is 0 Å². The minimum absolute atomic E-state index is 0.278. The van der Waals surface area contributed by atoms with Gasteiger partial charge in [-0.05, 0) is 22.3 Å². The second-order valence-electron chi connectivity index (χ2n) is 25.1. The Hall–Kier alpha value is -6.02. The van der Waals surface area contributed by atoms with Crippen molar-refractivity contribution in [1.82, 2.24) is 26.6 Å². The Bertz CT molecular complexity index is 3080. The van der Waals surface area contributed by atoms with Crippen molar-refractivity contribution in [3.05, 3.63) is 59.7 Å². The Morgan fingerprint density at radius 2 is 0.851 bits per heavy atom. The molecule has 6 fully saturated rings. The fourth-order valence-corrected chi connectivity index (χ4v) is 13.1. The maximum absolute atomic E-state index is 13.6. The van der Waals surface area contributed by atoms with Gasteiger partial charge in [0.05, 0.1) is 51.7 Å². The number of alkyl carbamates (subject to hydrolysis) is 1. The lowest BCUT2D eigenvalue weighted by atomic mass is 9.92. The molecular weight excluding hydrogens is 1360 g/mol. The van der Waals surface area contributed by atoms with Gasteiger partial charge in [0, 0.05) is 33.6 Å². The van der Waals surface area contributed by atoms with Crippen molar-refractivity contribution >= 4 is 35.7 Å². The van der Waals surface area contributed by atoms with Gasteiger partial charge in [0.15, 0.2) is 56.3 Å². The first kappa shape index (κ1) is 79.1. The second kappa shape index (κ2) is 34.7. The van der Waals surface area contributed by atoms with Crippen LogP contribution in [0.4, 0.5) is 4.79 Å². The monoisotopic (exact) mass is 1450 g/mol. The van der Waals surface area contributed by atoms with Gasteiger partial charge in [-0.2, -0.15) is 0 Å². The van der Waals surface area contributed by atoms with E-state index in [1.807, 2.05) is 36.4 Å². The summed E-state index contributed by atoms with van der Waals surface area (Å²) in [5, 5.41) is 189. The smallest absolute Gasteiger partial charge is 0.407 e. The van der Waals surface area contributed by atoms with Crippen LogP contribution in [0, 0.1) is 5.92 Å². The summed E-state index contributed by atoms with van der Waals surface area (Å²) in [5.74, 6) is -7.24. The highest BCUT2D eigenvalue weighted by atomic mass is 16.8. The number of hydrogen-bond donors (Lipinski definition) is 21. The van der Waals surface area contributed by atoms with Gasteiger partial charge in [-0.15, -0.1) is 0 Å². The number of hydrogen-bond acceptors (Lipinski definition) is 34. The molecule has 5 amide bonds. The minimum Gasteiger partial charge on any atom is -0.480 e. The lowest BCUT2D eigenvalue weighted by Crippen LogP contribution is -2.71. The van der Waals surface area contributed by atoms with E-state index in [4.69, 9.17) is 61.6 Å². The summed E-state index contributed by atoms with van der Waals surface area (Å²) in [6, 6.07) is 7.11. The van der Waals surface area contributed by atoms with E-state index in [0.717, 1.165) is 49.9 Å². The van der Waals surface area contributed by atoms with Crippen molar-refractivity contribution in [2.24, 2.45) is 5.92 Å². The highest BCUT2D eigenvalue weighted by Crippen LogP contribution is 2.45. The number of nitrogens with one attached hydrogen (secondary N) is 5. The van der Waals surface area contributed by atoms with Gasteiger partial charge in [-0.1, -0.05) is 48.5 Å². The summed E-state index contributed by atoms with van der Waals surface area (Å²) < 4.78 is 76.8. The molecule has 6 saturated heterocycles. The Balaban J connectivity index is 1.00. The maximum Gasteiger partial charge on any atom is 0.407 e. The number of aliphatic hydroxyl groups excluding tert-OH is 15. The standard InChI is InChI=1S/C61H87N5O35/c1-20(72)62-35-42(80)39(77)31(14-68)91-56(35)98-51-41(79)33(16-70)92-58(47(51)85)95-48-34(17-71)94-57(36(43(48)81)63-21(2)73)101-60-45(83)49(96-59-46(84)50(40(78)32(15-69)93-59)97-54-28(13-67)38(76)44(82)52(99-54)65-23(4)75)37(64-22(3)74)55(100-60)89-19-30(53(86)87)66-61(88)90-18-29-26-11-7-5-9-24(26)25-10-6-8-12-27(25)29/h5-12,28-52,54-60,67-71,76-85H,13-19H2,1-4H3,(H,62,72)(H,63,73)(H,64,74)(H,65,75)(H,66,88)(H,86,87)/t28-,30?,31+,32-,33+,34+,35+,36+,37-,38-,39+,40+,41-,42+,43+,44+,45-,46-,47+,48?,49-,50+,51?,52+,54?,55+,56-,57-,58-,59?,60?/m0/s1. The van der Waals surface area contributed by atoms with Crippen LogP contribution < -0.4 is 26.6 Å². The molecule has 2 aromatic rings. The number of carbonyl (C=O) groups excluding carboxylic acids is 5. The number of amides is 5. The van der Waals surface area contributed by atoms with Crippen molar-refractivity contribution in [2.45, 2.75) is 218 Å². The Labute approximate surface area is 573 Å². The van der Waals surface area contributed by atoms with E-state index in [1.54, 1.807) is 12.1 Å². The van der Waals surface area contributed by atoms with Crippen LogP contribution in [0.3, 0.4) is 0 Å². The number of rotatable bonds is 26. The zero-order chi connectivity index (χ0) is 73.6. The molecule has 0 spiro atoms. The van der Waals surface area contributed by atoms with E-state index in [1.165, 1.54) is 0 Å². The predicted molar refractivity (Wildman–Crippen MR) is 324 cm³/mol. The average Bonchev–Trinajstić information content (AvgIpc) is 1.73. The summed E-state index contributed by atoms with van der Waals surface area (Å²) in [4.78, 5) is 77.2. The highest BCUT2D eigenvalue weighted by molar-refractivity contribution is 5.81. The minimum atomic E-state index is -2.42. The zero-order valence-corrected chi connectivity index (χ0v) is 54.5. The molecule has 7 aliphatic rings. The van der Waals surface area contributed by atoms with Crippen LogP contribution in [-0.4, -0.2) is 348 Å². The first-order valence-electron chi connectivity index (χ1n) is 32.1. The molecule has 6 unspecified atom stereocenters. The lowest BCUT2D eigenvalue weighted by molar-refractivity contribution is -0.405. The summed E-state index contributed by atoms with van der Waals surface area (Å²) in [7, 11) is 0. The van der Waals surface area contributed by atoms with Crippen molar-refractivity contribution in [3.8, 4) is 11.1 Å². The molecule has 31 atom stereocenters. The lowest BCUT2D eigenvalue weighted by Gasteiger charge is -2.51. The Morgan fingerprint density at radius 1 is 0.416 bits per heavy atom. The summed E-state index contributed by atoms with van der Waals surface area (Å²) in [6.45, 7) is -2.60. The third-order valence-corrected chi connectivity index (χ3v) is 18.1. The number of aliphatic carboxylic acids is 1. The zero-order valence-electron chi connectivity index (χ0n) is 54.5. The topological polar surface area (TPSA) is 606 Å². The van der Waals surface area contributed by atoms with E-state index in [2.05, 4.69) is 26.6 Å². The molecule has 0 saturated carbocycles. The number of benzene rings is 2. The van der Waals surface area contributed by atoms with Gasteiger partial charge < -0.3 is 170 Å². The van der Waals surface area contributed by atoms with Crippen molar-refractivity contribution in [2.75, 3.05) is 46.2 Å². The van der Waals surface area contributed by atoms with Crippen molar-refractivity contribution in [1.29, 1.82) is 0 Å². The van der Waals surface area contributed by atoms with E-state index < -0.39 is 271 Å². The van der Waals surface area contributed by atoms with Crippen LogP contribution in [0.15, 0.2) is 48.5 Å². The average molecular weight is 1450 g/mol. The molecule has 0 aromatic heterocycles. The van der Waals surface area contributed by atoms with Crippen LogP contribution in [0.25, 0.3) is 11.1 Å². The van der Waals surface area contributed by atoms with Gasteiger partial charge in [-0.3, -0.25) is 19.2 Å². The molecule has 2 aromatic carbocycles. The van der Waals surface area contributed by atoms with Gasteiger partial charge in [0.1, 0.15) is 128 Å². The summed E-state index contributed by atoms with van der Waals surface area (Å²) in [5.41, 5.74) is 3.40. The quantitative estimate of drug-likeness (QED) is 0.0416. The second-order valence-corrected chi connectivity index (χ2v) is 25.1. The van der Waals surface area contributed by atoms with Crippen LogP contribution >= 0.6 is 0 Å². The van der Waals surface area contributed by atoms with E-state index in [9.17, 15) is 110 Å². The first-order chi connectivity index (χ1) is 48.0. The molecular formula is C61H87N5O35. The molecule has 0 bridgehead atoms. The molecule has 40 heteroatoms. The number of aliphatic hydroxyl groups is 15. The highest BCUT2D eigenvalue weighted by Gasteiger charge is 2.59. The van der Waals surface area contributed by atoms with Gasteiger partial charge in [0.2, 0.25) is 23.6 Å². The molecule has 9 rings (SSSR count). The Kier molecular flexibility index (Phi) is 27.2. The molecule has 0 radical (unpaired) electrons. The number of carbonyl (C=O) groups is 6. The fraction of sp³-hybridized carbons (Fsp3) is 0.705. The van der Waals surface area contributed by atoms with Crippen LogP contribution in [0.5, 0.6) is 0 Å². The first-order valence-corrected chi connectivity index (χ1v) is 32.1. The van der Waals surface area contributed by atoms with Gasteiger partial charge >= 0.3 is 12.1 Å². The van der Waals surface area contributed by atoms with Crippen molar-refractivity contribution in [3.63, 3.8) is 0 Å². The summed E-state index contributed by atoms with van der Waals surface area (Å²) >= 11 is 0. The molecule has 21 N–H and O–H groups in total. The van der Waals surface area contributed by atoms with E-state index in [-0.39, 0.29) is 6.61 Å². The molecule has 101 heavy (non-hydrogen) atoms. The van der Waals surface area contributed by atoms with E-state index in [0.29, 0.717) is 0 Å². The fourth-order valence-electron chi connectivity index (χ4n) is 13.1. The largest absolute Gasteiger partial charge is 0.480 e. The maximum atomic E-state index is 13.6. The number of carboxylic acid groups (broad SMARTS) is 1. The van der Waals surface area contributed by atoms with Crippen LogP contribution in [0.2, 0.25) is 0 Å². The van der Waals surface area contributed by atoms with Crippen LogP contribution in [0.1, 0.15) is 44.7 Å². The summed E-state index contributed by atoms with van der Waals surface area (Å²) in [6.07, 6.45) is -53.9. The normalized spacial score (nSPS) is 39.7. The molecule has 40 nitrogen and oxygen atoms in total. The Morgan fingerprint density at radius 3 is 1.37 bits per heavy atom. The van der Waals surface area contributed by atoms with E-state index >= 15 is 0 Å². The molecule has 1 aliphatic carbocycles. The third kappa shape index (κ3) is 17.7. The molecule has 6 heterocycles. The predicted octanol–water partition coefficient (Wildman–Crippen LogP) is -10.3. The van der Waals surface area contributed by atoms with Crippen LogP contribution in [-0.2, 0) is 85.6 Å². The number of carboxylic acids is 1. The third-order valence-electron chi connectivity index (χ3n) is 18.1. The molecule has 566 valence electrons.